The first-order valence-corrected chi connectivity index (χ1v) is 10.4. The first kappa shape index (κ1) is 17.7. The predicted molar refractivity (Wildman–Crippen MR) is 102 cm³/mol. The van der Waals surface area contributed by atoms with Crippen LogP contribution in [0.1, 0.15) is 67.9 Å². The molecule has 3 N–H and O–H groups in total. The molecule has 0 spiro atoms. The van der Waals surface area contributed by atoms with Gasteiger partial charge in [-0.25, -0.2) is 23.4 Å². The third kappa shape index (κ3) is 2.90. The predicted octanol–water partition coefficient (Wildman–Crippen LogP) is 3.57. The van der Waals surface area contributed by atoms with Crippen LogP contribution in [0.2, 0.25) is 0 Å². The summed E-state index contributed by atoms with van der Waals surface area (Å²) in [5.41, 5.74) is 6.93. The molecule has 7 nitrogen and oxygen atoms in total. The van der Waals surface area contributed by atoms with E-state index in [0.29, 0.717) is 34.8 Å². The highest BCUT2D eigenvalue weighted by molar-refractivity contribution is 7.13. The smallest absolute Gasteiger partial charge is 0.262 e. The SMILES string of the molecule is Nc1nc(C2CC[C@@H]2c2nc3c(cnn3C3CCC(F)(F)CC3)c(=O)[nH]2)cs1. The maximum atomic E-state index is 13.5. The molecule has 2 aliphatic rings. The molecule has 2 aliphatic carbocycles. The van der Waals surface area contributed by atoms with Gasteiger partial charge in [-0.2, -0.15) is 5.10 Å². The van der Waals surface area contributed by atoms with Gasteiger partial charge in [0.05, 0.1) is 17.9 Å². The summed E-state index contributed by atoms with van der Waals surface area (Å²) in [6.07, 6.45) is 3.69. The molecule has 0 aromatic carbocycles. The van der Waals surface area contributed by atoms with Crippen LogP contribution in [0.15, 0.2) is 16.4 Å². The molecule has 0 amide bonds. The fraction of sp³-hybridized carbons (Fsp3) is 0.556. The number of aromatic nitrogens is 5. The number of rotatable bonds is 3. The van der Waals surface area contributed by atoms with Gasteiger partial charge in [0.15, 0.2) is 10.8 Å². The number of halogens is 2. The summed E-state index contributed by atoms with van der Waals surface area (Å²) in [6, 6.07) is -0.158. The first-order chi connectivity index (χ1) is 13.4. The third-order valence-corrected chi connectivity index (χ3v) is 6.75. The molecule has 2 saturated carbocycles. The standard InChI is InChI=1S/C18H20F2N6OS/c19-18(20)5-3-9(4-6-18)26-15-12(7-22-26)16(27)25-14(24-15)11-2-1-10(11)13-8-28-17(21)23-13/h7-11H,1-6H2,(H2,21,23)(H,24,25,27)/t10?,11-/m0/s1. The first-order valence-electron chi connectivity index (χ1n) is 9.47. The van der Waals surface area contributed by atoms with Gasteiger partial charge in [0.25, 0.3) is 5.56 Å². The normalized spacial score (nSPS) is 25.1. The molecule has 148 valence electrons. The fourth-order valence-electron chi connectivity index (χ4n) is 4.32. The topological polar surface area (TPSA) is 102 Å². The van der Waals surface area contributed by atoms with Crippen molar-refractivity contribution in [2.45, 2.75) is 62.3 Å². The Morgan fingerprint density at radius 3 is 2.57 bits per heavy atom. The molecule has 2 atom stereocenters. The minimum absolute atomic E-state index is 0.0673. The van der Waals surface area contributed by atoms with Crippen LogP contribution in [-0.2, 0) is 0 Å². The number of H-pyrrole nitrogens is 1. The number of nitrogens with one attached hydrogen (secondary N) is 1. The Balaban J connectivity index is 1.49. The van der Waals surface area contributed by atoms with E-state index in [0.717, 1.165) is 18.5 Å². The molecule has 1 unspecified atom stereocenters. The summed E-state index contributed by atoms with van der Waals surface area (Å²) in [5, 5.41) is 7.20. The third-order valence-electron chi connectivity index (χ3n) is 6.06. The molecule has 3 aromatic heterocycles. The van der Waals surface area contributed by atoms with Gasteiger partial charge in [-0.15, -0.1) is 11.3 Å². The summed E-state index contributed by atoms with van der Waals surface area (Å²) < 4.78 is 28.7. The highest BCUT2D eigenvalue weighted by atomic mass is 32.1. The highest BCUT2D eigenvalue weighted by Crippen LogP contribution is 2.48. The second kappa shape index (κ2) is 6.33. The van der Waals surface area contributed by atoms with Crippen LogP contribution in [-0.4, -0.2) is 30.7 Å². The highest BCUT2D eigenvalue weighted by Gasteiger charge is 2.38. The van der Waals surface area contributed by atoms with Crippen molar-refractivity contribution in [2.24, 2.45) is 0 Å². The number of alkyl halides is 2. The molecule has 10 heteroatoms. The molecule has 28 heavy (non-hydrogen) atoms. The summed E-state index contributed by atoms with van der Waals surface area (Å²) in [7, 11) is 0. The van der Waals surface area contributed by atoms with Gasteiger partial charge in [0, 0.05) is 30.1 Å². The number of thiazole rings is 1. The van der Waals surface area contributed by atoms with Gasteiger partial charge < -0.3 is 10.7 Å². The van der Waals surface area contributed by atoms with Crippen molar-refractivity contribution < 1.29 is 8.78 Å². The Morgan fingerprint density at radius 2 is 1.93 bits per heavy atom. The van der Waals surface area contributed by atoms with E-state index in [1.807, 2.05) is 5.38 Å². The Morgan fingerprint density at radius 1 is 1.18 bits per heavy atom. The monoisotopic (exact) mass is 406 g/mol. The van der Waals surface area contributed by atoms with E-state index >= 15 is 0 Å². The van der Waals surface area contributed by atoms with Gasteiger partial charge in [-0.1, -0.05) is 0 Å². The molecule has 3 heterocycles. The number of nitrogen functional groups attached to an aromatic ring is 1. The number of hydrogen-bond acceptors (Lipinski definition) is 6. The summed E-state index contributed by atoms with van der Waals surface area (Å²) in [4.78, 5) is 24.6. The van der Waals surface area contributed by atoms with Crippen LogP contribution in [0.25, 0.3) is 11.0 Å². The van der Waals surface area contributed by atoms with Crippen LogP contribution in [0.4, 0.5) is 13.9 Å². The van der Waals surface area contributed by atoms with Crippen LogP contribution >= 0.6 is 11.3 Å². The Bertz CT molecular complexity index is 1080. The summed E-state index contributed by atoms with van der Waals surface area (Å²) in [6.45, 7) is 0. The summed E-state index contributed by atoms with van der Waals surface area (Å²) >= 11 is 1.41. The Labute approximate surface area is 163 Å². The number of hydrogen-bond donors (Lipinski definition) is 2. The van der Waals surface area contributed by atoms with E-state index in [4.69, 9.17) is 10.7 Å². The number of anilines is 1. The molecule has 5 rings (SSSR count). The van der Waals surface area contributed by atoms with E-state index in [1.165, 1.54) is 17.5 Å². The van der Waals surface area contributed by atoms with Crippen LogP contribution in [0.3, 0.4) is 0 Å². The Kier molecular flexibility index (Phi) is 4.01. The zero-order chi connectivity index (χ0) is 19.5. The molecule has 2 fully saturated rings. The van der Waals surface area contributed by atoms with Crippen molar-refractivity contribution in [1.82, 2.24) is 24.7 Å². The zero-order valence-corrected chi connectivity index (χ0v) is 15.9. The molecule has 0 radical (unpaired) electrons. The number of aromatic amines is 1. The van der Waals surface area contributed by atoms with Gasteiger partial charge >= 0.3 is 0 Å². The van der Waals surface area contributed by atoms with E-state index in [-0.39, 0.29) is 36.3 Å². The zero-order valence-electron chi connectivity index (χ0n) is 15.1. The number of fused-ring (bicyclic) bond motifs is 1. The average Bonchev–Trinajstić information content (AvgIpc) is 3.21. The number of nitrogens with zero attached hydrogens (tertiary/aromatic N) is 4. The molecular formula is C18H20F2N6OS. The van der Waals surface area contributed by atoms with Crippen LogP contribution in [0, 0.1) is 0 Å². The average molecular weight is 406 g/mol. The molecular weight excluding hydrogens is 386 g/mol. The van der Waals surface area contributed by atoms with Crippen molar-refractivity contribution in [1.29, 1.82) is 0 Å². The van der Waals surface area contributed by atoms with Crippen molar-refractivity contribution >= 4 is 27.5 Å². The summed E-state index contributed by atoms with van der Waals surface area (Å²) in [5.74, 6) is -1.75. The molecule has 3 aromatic rings. The van der Waals surface area contributed by atoms with Crippen molar-refractivity contribution in [3.05, 3.63) is 33.4 Å². The lowest BCUT2D eigenvalue weighted by Gasteiger charge is -2.34. The van der Waals surface area contributed by atoms with Gasteiger partial charge in [0.1, 0.15) is 11.2 Å². The maximum absolute atomic E-state index is 13.5. The van der Waals surface area contributed by atoms with Gasteiger partial charge in [-0.3, -0.25) is 4.79 Å². The van der Waals surface area contributed by atoms with E-state index in [1.54, 1.807) is 4.68 Å². The van der Waals surface area contributed by atoms with Gasteiger partial charge in [-0.05, 0) is 25.7 Å². The van der Waals surface area contributed by atoms with E-state index in [2.05, 4.69) is 15.1 Å². The fourth-order valence-corrected chi connectivity index (χ4v) is 4.94. The number of nitrogens with two attached hydrogens (primary N) is 1. The largest absolute Gasteiger partial charge is 0.375 e. The second-order valence-corrected chi connectivity index (χ2v) is 8.66. The van der Waals surface area contributed by atoms with Crippen molar-refractivity contribution in [3.63, 3.8) is 0 Å². The molecule has 0 bridgehead atoms. The minimum atomic E-state index is -2.61. The lowest BCUT2D eigenvalue weighted by Crippen LogP contribution is -2.28. The van der Waals surface area contributed by atoms with Crippen LogP contribution in [0.5, 0.6) is 0 Å². The van der Waals surface area contributed by atoms with Crippen molar-refractivity contribution in [2.75, 3.05) is 5.73 Å². The van der Waals surface area contributed by atoms with Crippen molar-refractivity contribution in [3.8, 4) is 0 Å². The van der Waals surface area contributed by atoms with E-state index < -0.39 is 5.92 Å². The second-order valence-electron chi connectivity index (χ2n) is 7.77. The lowest BCUT2D eigenvalue weighted by molar-refractivity contribution is -0.0446. The maximum Gasteiger partial charge on any atom is 0.262 e. The van der Waals surface area contributed by atoms with E-state index in [9.17, 15) is 13.6 Å². The minimum Gasteiger partial charge on any atom is -0.375 e. The van der Waals surface area contributed by atoms with Crippen LogP contribution < -0.4 is 11.3 Å². The molecule has 0 aliphatic heterocycles. The quantitative estimate of drug-likeness (QED) is 0.692. The Hall–Kier alpha value is -2.36. The van der Waals surface area contributed by atoms with Gasteiger partial charge in [0.2, 0.25) is 5.92 Å². The lowest BCUT2D eigenvalue weighted by atomic mass is 9.71. The molecule has 0 saturated heterocycles.